The van der Waals surface area contributed by atoms with Crippen LogP contribution in [0.1, 0.15) is 22.8 Å². The normalized spacial score (nSPS) is 10.3. The van der Waals surface area contributed by atoms with Crippen LogP contribution in [0.2, 0.25) is 5.02 Å². The molecule has 29 heavy (non-hydrogen) atoms. The van der Waals surface area contributed by atoms with Gasteiger partial charge in [0, 0.05) is 21.8 Å². The number of hydrogen-bond donors (Lipinski definition) is 1. The second-order valence-corrected chi connectivity index (χ2v) is 6.62. The molecule has 0 unspecified atom stereocenters. The van der Waals surface area contributed by atoms with Crippen molar-refractivity contribution < 1.29 is 19.0 Å². The topological polar surface area (TPSA) is 56.8 Å². The highest BCUT2D eigenvalue weighted by atomic mass is 35.5. The number of methoxy groups -OCH3 is 1. The molecule has 0 fully saturated rings. The molecule has 3 aromatic rings. The summed E-state index contributed by atoms with van der Waals surface area (Å²) in [5, 5.41) is 3.40. The number of nitrogens with one attached hydrogen (secondary N) is 1. The first-order chi connectivity index (χ1) is 14.1. The van der Waals surface area contributed by atoms with E-state index in [2.05, 4.69) is 5.32 Å². The van der Waals surface area contributed by atoms with E-state index >= 15 is 0 Å². The van der Waals surface area contributed by atoms with Crippen LogP contribution in [0.15, 0.2) is 66.7 Å². The van der Waals surface area contributed by atoms with Crippen molar-refractivity contribution in [3.05, 3.63) is 82.9 Å². The van der Waals surface area contributed by atoms with Gasteiger partial charge in [-0.3, -0.25) is 4.79 Å². The lowest BCUT2D eigenvalue weighted by Gasteiger charge is -2.14. The average Bonchev–Trinajstić information content (AvgIpc) is 2.73. The van der Waals surface area contributed by atoms with Crippen molar-refractivity contribution in [1.82, 2.24) is 0 Å². The zero-order valence-corrected chi connectivity index (χ0v) is 17.0. The highest BCUT2D eigenvalue weighted by Crippen LogP contribution is 2.25. The fraction of sp³-hybridized carbons (Fsp3) is 0.174. The van der Waals surface area contributed by atoms with E-state index in [1.807, 2.05) is 31.2 Å². The molecular formula is C23H22ClNO4. The molecule has 150 valence electrons. The molecule has 1 amide bonds. The van der Waals surface area contributed by atoms with E-state index < -0.39 is 0 Å². The number of carbonyl (C=O) groups excluding carboxylic acids is 1. The first kappa shape index (κ1) is 20.6. The Balaban J connectivity index is 1.76. The quantitative estimate of drug-likeness (QED) is 0.525. The summed E-state index contributed by atoms with van der Waals surface area (Å²) >= 11 is 5.98. The third-order valence-electron chi connectivity index (χ3n) is 4.16. The molecule has 0 aromatic heterocycles. The van der Waals surface area contributed by atoms with Gasteiger partial charge in [-0.25, -0.2) is 0 Å². The van der Waals surface area contributed by atoms with Crippen molar-refractivity contribution in [2.75, 3.05) is 19.0 Å². The van der Waals surface area contributed by atoms with Crippen molar-refractivity contribution in [2.45, 2.75) is 13.5 Å². The number of halogens is 1. The summed E-state index contributed by atoms with van der Waals surface area (Å²) in [7, 11) is 1.62. The van der Waals surface area contributed by atoms with E-state index in [0.29, 0.717) is 34.4 Å². The molecule has 3 rings (SSSR count). The van der Waals surface area contributed by atoms with Gasteiger partial charge in [0.25, 0.3) is 5.91 Å². The minimum Gasteiger partial charge on any atom is -0.497 e. The number of hydrogen-bond acceptors (Lipinski definition) is 4. The van der Waals surface area contributed by atoms with Gasteiger partial charge in [0.2, 0.25) is 0 Å². The van der Waals surface area contributed by atoms with Crippen LogP contribution in [0.3, 0.4) is 0 Å². The fourth-order valence-corrected chi connectivity index (χ4v) is 2.92. The van der Waals surface area contributed by atoms with Gasteiger partial charge in [-0.1, -0.05) is 17.7 Å². The fourth-order valence-electron chi connectivity index (χ4n) is 2.73. The number of rotatable bonds is 8. The van der Waals surface area contributed by atoms with Crippen molar-refractivity contribution >= 4 is 23.2 Å². The number of ether oxygens (including phenoxy) is 3. The molecule has 0 radical (unpaired) electrons. The van der Waals surface area contributed by atoms with Crippen LogP contribution in [0.25, 0.3) is 0 Å². The first-order valence-electron chi connectivity index (χ1n) is 9.18. The molecule has 5 nitrogen and oxygen atoms in total. The van der Waals surface area contributed by atoms with E-state index in [-0.39, 0.29) is 12.5 Å². The first-order valence-corrected chi connectivity index (χ1v) is 9.56. The van der Waals surface area contributed by atoms with Crippen molar-refractivity contribution in [3.8, 4) is 17.2 Å². The van der Waals surface area contributed by atoms with Crippen molar-refractivity contribution in [3.63, 3.8) is 0 Å². The van der Waals surface area contributed by atoms with Gasteiger partial charge in [0.05, 0.1) is 13.7 Å². The van der Waals surface area contributed by atoms with E-state index in [0.717, 1.165) is 11.3 Å². The minimum atomic E-state index is -0.235. The van der Waals surface area contributed by atoms with Gasteiger partial charge >= 0.3 is 0 Å². The van der Waals surface area contributed by atoms with Crippen LogP contribution >= 0.6 is 11.6 Å². The van der Waals surface area contributed by atoms with Crippen LogP contribution in [-0.4, -0.2) is 19.6 Å². The zero-order valence-electron chi connectivity index (χ0n) is 16.3. The molecule has 0 saturated carbocycles. The maximum absolute atomic E-state index is 12.6. The number of amides is 1. The molecule has 0 heterocycles. The van der Waals surface area contributed by atoms with Gasteiger partial charge < -0.3 is 19.5 Å². The molecule has 0 aliphatic heterocycles. The summed E-state index contributed by atoms with van der Waals surface area (Å²) < 4.78 is 16.7. The monoisotopic (exact) mass is 411 g/mol. The van der Waals surface area contributed by atoms with E-state index in [9.17, 15) is 4.79 Å². The summed E-state index contributed by atoms with van der Waals surface area (Å²) in [6, 6.07) is 19.6. The van der Waals surface area contributed by atoms with Gasteiger partial charge in [0.15, 0.2) is 0 Å². The van der Waals surface area contributed by atoms with Gasteiger partial charge in [-0.15, -0.1) is 0 Å². The predicted molar refractivity (Wildman–Crippen MR) is 114 cm³/mol. The molecular weight excluding hydrogens is 390 g/mol. The standard InChI is InChI=1S/C23H22ClNO4/c1-3-28-22-12-7-16(23(26)25-19-6-4-5-18(24)14-19)13-17(22)15-29-21-10-8-20(27-2)9-11-21/h4-14H,3,15H2,1-2H3,(H,25,26). The lowest BCUT2D eigenvalue weighted by atomic mass is 10.1. The summed E-state index contributed by atoms with van der Waals surface area (Å²) in [4.78, 5) is 12.6. The molecule has 1 N–H and O–H groups in total. The maximum Gasteiger partial charge on any atom is 0.255 e. The van der Waals surface area contributed by atoms with Gasteiger partial charge in [-0.05, 0) is 67.6 Å². The molecule has 0 aliphatic rings. The average molecular weight is 412 g/mol. The summed E-state index contributed by atoms with van der Waals surface area (Å²) in [5.41, 5.74) is 1.91. The van der Waals surface area contributed by atoms with Gasteiger partial charge in [-0.2, -0.15) is 0 Å². The smallest absolute Gasteiger partial charge is 0.255 e. The highest BCUT2D eigenvalue weighted by Gasteiger charge is 2.12. The Hall–Kier alpha value is -3.18. The Labute approximate surface area is 175 Å². The number of benzene rings is 3. The Kier molecular flexibility index (Phi) is 6.98. The summed E-state index contributed by atoms with van der Waals surface area (Å²) in [6.07, 6.45) is 0. The lowest BCUT2D eigenvalue weighted by Crippen LogP contribution is -2.13. The third kappa shape index (κ3) is 5.65. The minimum absolute atomic E-state index is 0.235. The highest BCUT2D eigenvalue weighted by molar-refractivity contribution is 6.30. The molecule has 0 bridgehead atoms. The van der Waals surface area contributed by atoms with E-state index in [1.54, 1.807) is 49.6 Å². The molecule has 3 aromatic carbocycles. The molecule has 0 aliphatic carbocycles. The Bertz CT molecular complexity index is 973. The third-order valence-corrected chi connectivity index (χ3v) is 4.39. The van der Waals surface area contributed by atoms with Crippen LogP contribution in [0.5, 0.6) is 17.2 Å². The molecule has 6 heteroatoms. The number of anilines is 1. The Morgan fingerprint density at radius 1 is 0.966 bits per heavy atom. The van der Waals surface area contributed by atoms with Crippen LogP contribution in [0.4, 0.5) is 5.69 Å². The van der Waals surface area contributed by atoms with Crippen LogP contribution in [-0.2, 0) is 6.61 Å². The number of carbonyl (C=O) groups is 1. The lowest BCUT2D eigenvalue weighted by molar-refractivity contribution is 0.102. The Morgan fingerprint density at radius 3 is 2.41 bits per heavy atom. The van der Waals surface area contributed by atoms with E-state index in [1.165, 1.54) is 0 Å². The summed E-state index contributed by atoms with van der Waals surface area (Å²) in [5.74, 6) is 1.90. The van der Waals surface area contributed by atoms with Gasteiger partial charge in [0.1, 0.15) is 23.9 Å². The van der Waals surface area contributed by atoms with Crippen molar-refractivity contribution in [2.24, 2.45) is 0 Å². The second-order valence-electron chi connectivity index (χ2n) is 6.18. The molecule has 0 atom stereocenters. The van der Waals surface area contributed by atoms with Crippen molar-refractivity contribution in [1.29, 1.82) is 0 Å². The van der Waals surface area contributed by atoms with E-state index in [4.69, 9.17) is 25.8 Å². The zero-order chi connectivity index (χ0) is 20.6. The molecule has 0 saturated heterocycles. The van der Waals surface area contributed by atoms with Crippen LogP contribution in [0, 0.1) is 0 Å². The summed E-state index contributed by atoms with van der Waals surface area (Å²) in [6.45, 7) is 2.69. The second kappa shape index (κ2) is 9.85. The van der Waals surface area contributed by atoms with Crippen LogP contribution < -0.4 is 19.5 Å². The Morgan fingerprint density at radius 2 is 1.72 bits per heavy atom. The maximum atomic E-state index is 12.6. The predicted octanol–water partition coefficient (Wildman–Crippen LogP) is 5.58. The molecule has 0 spiro atoms. The SMILES string of the molecule is CCOc1ccc(C(=O)Nc2cccc(Cl)c2)cc1COc1ccc(OC)cc1. The largest absolute Gasteiger partial charge is 0.497 e.